The van der Waals surface area contributed by atoms with Crippen molar-refractivity contribution in [2.75, 3.05) is 10.5 Å². The number of nitrogens with zero attached hydrogens (tertiary/aromatic N) is 2. The van der Waals surface area contributed by atoms with Crippen LogP contribution in [-0.4, -0.2) is 18.4 Å². The minimum absolute atomic E-state index is 0. The van der Waals surface area contributed by atoms with Crippen LogP contribution in [0.4, 0.5) is 15.9 Å². The summed E-state index contributed by atoms with van der Waals surface area (Å²) in [5.41, 5.74) is 7.24. The van der Waals surface area contributed by atoms with Crippen LogP contribution in [0.3, 0.4) is 0 Å². The quantitative estimate of drug-likeness (QED) is 0.715. The predicted octanol–water partition coefficient (Wildman–Crippen LogP) is -1.51. The van der Waals surface area contributed by atoms with Gasteiger partial charge in [0.25, 0.3) is 10.0 Å². The van der Waals surface area contributed by atoms with Gasteiger partial charge in [0.1, 0.15) is 0 Å². The number of nitrogens with two attached hydrogens (primary N) is 1. The molecule has 0 bridgehead atoms. The molecular weight excluding hydrogens is 315 g/mol. The molecule has 0 saturated heterocycles. The van der Waals surface area contributed by atoms with Gasteiger partial charge < -0.3 is 18.1 Å². The molecule has 0 aliphatic carbocycles. The maximum Gasteiger partial charge on any atom is 1.00 e. The van der Waals surface area contributed by atoms with Gasteiger partial charge in [0.2, 0.25) is 5.03 Å². The average molecular weight is 325 g/mol. The van der Waals surface area contributed by atoms with Crippen LogP contribution in [0.25, 0.3) is 0 Å². The Morgan fingerprint density at radius 3 is 2.79 bits per heavy atom. The predicted molar refractivity (Wildman–Crippen MR) is 67.4 cm³/mol. The fourth-order valence-electron chi connectivity index (χ4n) is 1.21. The molecule has 0 amide bonds. The highest BCUT2D eigenvalue weighted by Gasteiger charge is 2.23. The summed E-state index contributed by atoms with van der Waals surface area (Å²) in [4.78, 5) is 7.40. The Balaban J connectivity index is 0.00000180. The van der Waals surface area contributed by atoms with E-state index in [1.54, 1.807) is 0 Å². The minimum Gasteiger partial charge on any atom is -1.00 e. The van der Waals surface area contributed by atoms with Crippen LogP contribution in [0.2, 0.25) is 0 Å². The number of nitrogen functional groups attached to an aromatic ring is 1. The first-order valence-corrected chi connectivity index (χ1v) is 7.16. The van der Waals surface area contributed by atoms with E-state index in [9.17, 15) is 12.8 Å². The SMILES string of the molecule is Cc1nc(S(=O)(=O)Nc2cscn2)c(F)cc1N.[Cl-].[H+]. The molecular formula is C9H10ClFN4O2S2. The number of anilines is 2. The summed E-state index contributed by atoms with van der Waals surface area (Å²) in [6, 6.07) is 0.929. The van der Waals surface area contributed by atoms with Crippen molar-refractivity contribution in [3.8, 4) is 0 Å². The van der Waals surface area contributed by atoms with Gasteiger partial charge in [-0.2, -0.15) is 8.42 Å². The standard InChI is InChI=1S/C9H9FN4O2S2.ClH/c1-5-7(11)2-6(10)9(13-5)18(15,16)14-8-3-17-4-12-8;/h2-4,14H,11H2,1H3;1H. The van der Waals surface area contributed by atoms with Gasteiger partial charge >= 0.3 is 1.43 Å². The molecule has 2 rings (SSSR count). The highest BCUT2D eigenvalue weighted by molar-refractivity contribution is 7.92. The molecule has 0 saturated carbocycles. The van der Waals surface area contributed by atoms with Crippen LogP contribution < -0.4 is 22.9 Å². The van der Waals surface area contributed by atoms with Crippen molar-refractivity contribution in [3.63, 3.8) is 0 Å². The van der Waals surface area contributed by atoms with Gasteiger partial charge in [0, 0.05) is 11.4 Å². The fraction of sp³-hybridized carbons (Fsp3) is 0.111. The van der Waals surface area contributed by atoms with Crippen LogP contribution >= 0.6 is 11.3 Å². The van der Waals surface area contributed by atoms with Crippen LogP contribution in [0.5, 0.6) is 0 Å². The van der Waals surface area contributed by atoms with Crippen LogP contribution in [-0.2, 0) is 10.0 Å². The summed E-state index contributed by atoms with van der Waals surface area (Å²) in [6.45, 7) is 1.50. The molecule has 0 aromatic carbocycles. The number of nitrogens with one attached hydrogen (secondary N) is 1. The number of aromatic nitrogens is 2. The monoisotopic (exact) mass is 324 g/mol. The van der Waals surface area contributed by atoms with Crippen molar-refractivity contribution in [1.82, 2.24) is 9.97 Å². The number of hydrogen-bond acceptors (Lipinski definition) is 6. The molecule has 19 heavy (non-hydrogen) atoms. The summed E-state index contributed by atoms with van der Waals surface area (Å²) in [7, 11) is -4.10. The lowest BCUT2D eigenvalue weighted by Gasteiger charge is -2.07. The molecule has 0 spiro atoms. The molecule has 6 nitrogen and oxygen atoms in total. The Kier molecular flexibility index (Phi) is 4.66. The molecule has 10 heteroatoms. The van der Waals surface area contributed by atoms with Gasteiger partial charge in [-0.3, -0.25) is 4.72 Å². The molecule has 104 valence electrons. The van der Waals surface area contributed by atoms with Crippen molar-refractivity contribution in [2.24, 2.45) is 0 Å². The average Bonchev–Trinajstić information content (AvgIpc) is 2.75. The lowest BCUT2D eigenvalue weighted by Crippen LogP contribution is -3.00. The third-order valence-electron chi connectivity index (χ3n) is 2.10. The third-order valence-corrected chi connectivity index (χ3v) is 3.96. The molecule has 2 heterocycles. The number of pyridine rings is 1. The second-order valence-corrected chi connectivity index (χ2v) is 5.75. The summed E-state index contributed by atoms with van der Waals surface area (Å²) >= 11 is 1.21. The number of hydrogen-bond donors (Lipinski definition) is 2. The van der Waals surface area contributed by atoms with Crippen molar-refractivity contribution < 1.29 is 26.6 Å². The van der Waals surface area contributed by atoms with Gasteiger partial charge in [-0.25, -0.2) is 14.4 Å². The van der Waals surface area contributed by atoms with Crippen LogP contribution in [0, 0.1) is 12.7 Å². The normalized spacial score (nSPS) is 10.8. The van der Waals surface area contributed by atoms with Gasteiger partial charge in [-0.1, -0.05) is 0 Å². The molecule has 2 aromatic heterocycles. The van der Waals surface area contributed by atoms with E-state index in [0.717, 1.165) is 6.07 Å². The Labute approximate surface area is 120 Å². The van der Waals surface area contributed by atoms with Gasteiger partial charge in [-0.05, 0) is 6.92 Å². The van der Waals surface area contributed by atoms with Crippen LogP contribution in [0.1, 0.15) is 7.12 Å². The van der Waals surface area contributed by atoms with E-state index in [0.29, 0.717) is 0 Å². The second kappa shape index (κ2) is 5.68. The lowest BCUT2D eigenvalue weighted by atomic mass is 10.3. The molecule has 0 unspecified atom stereocenters. The Hall–Kier alpha value is -1.45. The first kappa shape index (κ1) is 15.6. The molecule has 3 N–H and O–H groups in total. The van der Waals surface area contributed by atoms with Crippen molar-refractivity contribution in [2.45, 2.75) is 11.9 Å². The zero-order chi connectivity index (χ0) is 13.3. The summed E-state index contributed by atoms with van der Waals surface area (Å²) < 4.78 is 39.5. The first-order chi connectivity index (χ1) is 8.40. The number of rotatable bonds is 3. The maximum atomic E-state index is 13.6. The highest BCUT2D eigenvalue weighted by Crippen LogP contribution is 2.20. The number of sulfonamides is 1. The maximum absolute atomic E-state index is 13.6. The van der Waals surface area contributed by atoms with E-state index < -0.39 is 20.9 Å². The zero-order valence-electron chi connectivity index (χ0n) is 10.6. The molecule has 0 fully saturated rings. The van der Waals surface area contributed by atoms with Crippen molar-refractivity contribution in [1.29, 1.82) is 0 Å². The fourth-order valence-corrected chi connectivity index (χ4v) is 2.83. The molecule has 0 aliphatic heterocycles. The largest absolute Gasteiger partial charge is 1.00 e. The van der Waals surface area contributed by atoms with Crippen molar-refractivity contribution in [3.05, 3.63) is 28.5 Å². The third kappa shape index (κ3) is 3.31. The summed E-state index contributed by atoms with van der Waals surface area (Å²) in [5.74, 6) is -0.878. The smallest absolute Gasteiger partial charge is 1.00 e. The highest BCUT2D eigenvalue weighted by atomic mass is 35.5. The second-order valence-electron chi connectivity index (χ2n) is 3.43. The van der Waals surface area contributed by atoms with E-state index >= 15 is 0 Å². The van der Waals surface area contributed by atoms with Gasteiger partial charge in [0.15, 0.2) is 11.6 Å². The topological polar surface area (TPSA) is 98.0 Å². The molecule has 0 radical (unpaired) electrons. The van der Waals surface area contributed by atoms with Gasteiger partial charge in [-0.15, -0.1) is 11.3 Å². The lowest BCUT2D eigenvalue weighted by molar-refractivity contribution is -0.00000694. The van der Waals surface area contributed by atoms with E-state index in [-0.39, 0.29) is 31.0 Å². The first-order valence-electron chi connectivity index (χ1n) is 4.74. The molecule has 0 atom stereocenters. The minimum atomic E-state index is -4.10. The van der Waals surface area contributed by atoms with Crippen molar-refractivity contribution >= 4 is 32.9 Å². The number of halogens is 2. The van der Waals surface area contributed by atoms with Crippen LogP contribution in [0.15, 0.2) is 22.0 Å². The number of aryl methyl sites for hydroxylation is 1. The molecule has 2 aromatic rings. The Morgan fingerprint density at radius 2 is 2.21 bits per heavy atom. The molecule has 0 aliphatic rings. The van der Waals surface area contributed by atoms with E-state index in [2.05, 4.69) is 14.7 Å². The van der Waals surface area contributed by atoms with E-state index in [1.807, 2.05) is 0 Å². The van der Waals surface area contributed by atoms with E-state index in [4.69, 9.17) is 5.73 Å². The Bertz CT molecular complexity index is 682. The zero-order valence-corrected chi connectivity index (χ0v) is 12.0. The number of thiazole rings is 1. The summed E-state index contributed by atoms with van der Waals surface area (Å²) in [6.07, 6.45) is 0. The van der Waals surface area contributed by atoms with Gasteiger partial charge in [0.05, 0.1) is 16.9 Å². The summed E-state index contributed by atoms with van der Waals surface area (Å²) in [5, 5.41) is 0.793. The Morgan fingerprint density at radius 1 is 1.53 bits per heavy atom. The van der Waals surface area contributed by atoms with E-state index in [1.165, 1.54) is 29.2 Å².